The molecule has 0 aliphatic carbocycles. The van der Waals surface area contributed by atoms with Crippen LogP contribution in [-0.2, 0) is 15.9 Å². The van der Waals surface area contributed by atoms with Gasteiger partial charge in [0.1, 0.15) is 0 Å². The molecule has 0 radical (unpaired) electrons. The highest BCUT2D eigenvalue weighted by molar-refractivity contribution is 7.89. The lowest BCUT2D eigenvalue weighted by molar-refractivity contribution is -0.385. The number of sulfonamides is 1. The van der Waals surface area contributed by atoms with Crippen molar-refractivity contribution in [3.8, 4) is 0 Å². The van der Waals surface area contributed by atoms with Gasteiger partial charge in [-0.1, -0.05) is 0 Å². The Hall–Kier alpha value is -1.18. The number of halogens is 1. The summed E-state index contributed by atoms with van der Waals surface area (Å²) in [5, 5.41) is 15.3. The number of nitrogens with two attached hydrogens (primary N) is 1. The summed E-state index contributed by atoms with van der Waals surface area (Å²) in [6.07, 6.45) is 0. The molecule has 1 aromatic carbocycles. The number of hydrogen-bond acceptors (Lipinski definition) is 4. The molecule has 8 heteroatoms. The average molecular weight is 251 g/mol. The Labute approximate surface area is 90.9 Å². The Morgan fingerprint density at radius 3 is 2.47 bits per heavy atom. The fourth-order valence-corrected chi connectivity index (χ4v) is 2.14. The van der Waals surface area contributed by atoms with Crippen LogP contribution in [0, 0.1) is 10.1 Å². The molecule has 15 heavy (non-hydrogen) atoms. The van der Waals surface area contributed by atoms with E-state index in [9.17, 15) is 18.5 Å². The predicted octanol–water partition coefficient (Wildman–Crippen LogP) is 0.981. The summed E-state index contributed by atoms with van der Waals surface area (Å²) in [5.41, 5.74) is -0.0994. The molecule has 0 aliphatic rings. The summed E-state index contributed by atoms with van der Waals surface area (Å²) in [6, 6.07) is 3.34. The first-order chi connectivity index (χ1) is 6.86. The molecule has 2 N–H and O–H groups in total. The molecule has 0 heterocycles. The maximum Gasteiger partial charge on any atom is 0.270 e. The summed E-state index contributed by atoms with van der Waals surface area (Å²) in [4.78, 5) is 9.40. The average Bonchev–Trinajstić information content (AvgIpc) is 2.15. The number of benzene rings is 1. The molecular formula is C7H7ClN2O4S. The maximum absolute atomic E-state index is 11.1. The molecule has 1 aromatic rings. The number of nitro groups is 1. The third kappa shape index (κ3) is 2.65. The standard InChI is InChI=1S/C7H7ClN2O4S/c8-4-5-1-2-6(10(11)12)3-7(5)15(9,13)14/h1-3H,4H2,(H2,9,13,14). The van der Waals surface area contributed by atoms with Gasteiger partial charge < -0.3 is 0 Å². The Bertz CT molecular complexity index is 500. The third-order valence-electron chi connectivity index (χ3n) is 1.71. The van der Waals surface area contributed by atoms with Crippen LogP contribution in [0.25, 0.3) is 0 Å². The number of rotatable bonds is 3. The summed E-state index contributed by atoms with van der Waals surface area (Å²) >= 11 is 5.48. The Morgan fingerprint density at radius 2 is 2.07 bits per heavy atom. The molecule has 0 saturated heterocycles. The van der Waals surface area contributed by atoms with Crippen LogP contribution in [0.3, 0.4) is 0 Å². The van der Waals surface area contributed by atoms with Crippen molar-refractivity contribution in [1.29, 1.82) is 0 Å². The van der Waals surface area contributed by atoms with E-state index in [0.29, 0.717) is 0 Å². The topological polar surface area (TPSA) is 103 Å². The second-order valence-corrected chi connectivity index (χ2v) is 4.52. The molecule has 0 amide bonds. The van der Waals surface area contributed by atoms with Crippen LogP contribution < -0.4 is 5.14 Å². The molecule has 0 fully saturated rings. The van der Waals surface area contributed by atoms with Gasteiger partial charge in [0.2, 0.25) is 10.0 Å². The highest BCUT2D eigenvalue weighted by Crippen LogP contribution is 2.22. The van der Waals surface area contributed by atoms with Crippen molar-refractivity contribution in [2.45, 2.75) is 10.8 Å². The zero-order valence-corrected chi connectivity index (χ0v) is 8.96. The Kier molecular flexibility index (Phi) is 3.28. The van der Waals surface area contributed by atoms with Gasteiger partial charge in [0.05, 0.1) is 9.82 Å². The zero-order chi connectivity index (χ0) is 11.6. The largest absolute Gasteiger partial charge is 0.270 e. The highest BCUT2D eigenvalue weighted by atomic mass is 35.5. The van der Waals surface area contributed by atoms with Crippen LogP contribution in [0.5, 0.6) is 0 Å². The van der Waals surface area contributed by atoms with Crippen LogP contribution in [0.1, 0.15) is 5.56 Å². The van der Waals surface area contributed by atoms with Gasteiger partial charge in [0, 0.05) is 18.0 Å². The van der Waals surface area contributed by atoms with Crippen LogP contribution in [0.2, 0.25) is 0 Å². The lowest BCUT2D eigenvalue weighted by atomic mass is 10.2. The smallest absolute Gasteiger partial charge is 0.258 e. The number of nitro benzene ring substituents is 1. The SMILES string of the molecule is NS(=O)(=O)c1cc([N+](=O)[O-])ccc1CCl. The minimum atomic E-state index is -3.99. The fraction of sp³-hybridized carbons (Fsp3) is 0.143. The third-order valence-corrected chi connectivity index (χ3v) is 2.99. The van der Waals surface area contributed by atoms with Gasteiger partial charge in [0.15, 0.2) is 0 Å². The van der Waals surface area contributed by atoms with E-state index in [1.807, 2.05) is 0 Å². The maximum atomic E-state index is 11.1. The molecule has 0 saturated carbocycles. The molecule has 1 rings (SSSR count). The van der Waals surface area contributed by atoms with E-state index in [1.54, 1.807) is 0 Å². The van der Waals surface area contributed by atoms with Gasteiger partial charge in [-0.3, -0.25) is 10.1 Å². The van der Waals surface area contributed by atoms with Crippen molar-refractivity contribution in [2.24, 2.45) is 5.14 Å². The number of hydrogen-bond donors (Lipinski definition) is 1. The highest BCUT2D eigenvalue weighted by Gasteiger charge is 2.17. The molecule has 0 unspecified atom stereocenters. The van der Waals surface area contributed by atoms with Crippen molar-refractivity contribution >= 4 is 27.3 Å². The summed E-state index contributed by atoms with van der Waals surface area (Å²) in [6.45, 7) is 0. The minimum Gasteiger partial charge on any atom is -0.258 e. The Balaban J connectivity index is 3.46. The molecule has 82 valence electrons. The van der Waals surface area contributed by atoms with Crippen molar-refractivity contribution in [2.75, 3.05) is 0 Å². The van der Waals surface area contributed by atoms with Gasteiger partial charge >= 0.3 is 0 Å². The monoisotopic (exact) mass is 250 g/mol. The molecule has 0 bridgehead atoms. The lowest BCUT2D eigenvalue weighted by Crippen LogP contribution is -2.14. The van der Waals surface area contributed by atoms with Crippen LogP contribution in [0.15, 0.2) is 23.1 Å². The first kappa shape index (κ1) is 11.9. The predicted molar refractivity (Wildman–Crippen MR) is 54.0 cm³/mol. The van der Waals surface area contributed by atoms with Crippen molar-refractivity contribution < 1.29 is 13.3 Å². The molecule has 0 aliphatic heterocycles. The number of alkyl halides is 1. The van der Waals surface area contributed by atoms with Gasteiger partial charge in [-0.15, -0.1) is 11.6 Å². The molecular weight excluding hydrogens is 244 g/mol. The lowest BCUT2D eigenvalue weighted by Gasteiger charge is -2.03. The zero-order valence-electron chi connectivity index (χ0n) is 7.38. The number of nitrogens with zero attached hydrogens (tertiary/aromatic N) is 1. The van der Waals surface area contributed by atoms with Crippen LogP contribution in [-0.4, -0.2) is 13.3 Å². The van der Waals surface area contributed by atoms with Crippen molar-refractivity contribution in [3.63, 3.8) is 0 Å². The van der Waals surface area contributed by atoms with Crippen LogP contribution in [0.4, 0.5) is 5.69 Å². The number of primary sulfonamides is 1. The molecule has 6 nitrogen and oxygen atoms in total. The first-order valence-electron chi connectivity index (χ1n) is 3.72. The summed E-state index contributed by atoms with van der Waals surface area (Å²) < 4.78 is 22.2. The first-order valence-corrected chi connectivity index (χ1v) is 5.80. The normalized spacial score (nSPS) is 11.3. The second-order valence-electron chi connectivity index (χ2n) is 2.73. The van der Waals surface area contributed by atoms with E-state index < -0.39 is 14.9 Å². The van der Waals surface area contributed by atoms with Gasteiger partial charge in [0.25, 0.3) is 5.69 Å². The molecule has 0 aromatic heterocycles. The van der Waals surface area contributed by atoms with E-state index in [0.717, 1.165) is 6.07 Å². The van der Waals surface area contributed by atoms with E-state index in [4.69, 9.17) is 16.7 Å². The second kappa shape index (κ2) is 4.13. The Morgan fingerprint density at radius 1 is 1.47 bits per heavy atom. The number of non-ortho nitro benzene ring substituents is 1. The van der Waals surface area contributed by atoms with E-state index in [2.05, 4.69) is 0 Å². The quantitative estimate of drug-likeness (QED) is 0.490. The van der Waals surface area contributed by atoms with Crippen molar-refractivity contribution in [3.05, 3.63) is 33.9 Å². The van der Waals surface area contributed by atoms with Crippen molar-refractivity contribution in [1.82, 2.24) is 0 Å². The minimum absolute atomic E-state index is 0.0796. The van der Waals surface area contributed by atoms with Gasteiger partial charge in [-0.05, 0) is 11.6 Å². The van der Waals surface area contributed by atoms with Crippen LogP contribution >= 0.6 is 11.6 Å². The van der Waals surface area contributed by atoms with E-state index in [1.165, 1.54) is 12.1 Å². The van der Waals surface area contributed by atoms with Gasteiger partial charge in [-0.2, -0.15) is 0 Å². The molecule has 0 atom stereocenters. The van der Waals surface area contributed by atoms with E-state index in [-0.39, 0.29) is 22.0 Å². The molecule has 0 spiro atoms. The fourth-order valence-electron chi connectivity index (χ4n) is 1.03. The summed E-state index contributed by atoms with van der Waals surface area (Å²) in [7, 11) is -3.99. The van der Waals surface area contributed by atoms with E-state index >= 15 is 0 Å². The van der Waals surface area contributed by atoms with Gasteiger partial charge in [-0.25, -0.2) is 13.6 Å². The summed E-state index contributed by atoms with van der Waals surface area (Å²) in [5.74, 6) is -0.0796.